The first kappa shape index (κ1) is 14.8. The highest BCUT2D eigenvalue weighted by molar-refractivity contribution is 9.10. The summed E-state index contributed by atoms with van der Waals surface area (Å²) in [5.41, 5.74) is 1.51. The number of carbonyl (C=O) groups excluding carboxylic acids is 1. The number of benzene rings is 1. The predicted molar refractivity (Wildman–Crippen MR) is 84.1 cm³/mol. The second kappa shape index (κ2) is 7.26. The van der Waals surface area contributed by atoms with Gasteiger partial charge in [0.2, 0.25) is 0 Å². The van der Waals surface area contributed by atoms with E-state index in [0.717, 1.165) is 10.2 Å². The summed E-state index contributed by atoms with van der Waals surface area (Å²) in [5, 5.41) is 5.95. The van der Waals surface area contributed by atoms with Gasteiger partial charge in [-0.15, -0.1) is 0 Å². The van der Waals surface area contributed by atoms with E-state index >= 15 is 0 Å². The fourth-order valence-corrected chi connectivity index (χ4v) is 2.33. The van der Waals surface area contributed by atoms with Crippen LogP contribution < -0.4 is 10.6 Å². The molecule has 0 bridgehead atoms. The van der Waals surface area contributed by atoms with Gasteiger partial charge in [-0.3, -0.25) is 4.98 Å². The van der Waals surface area contributed by atoms with Crippen LogP contribution in [0.2, 0.25) is 5.02 Å². The fourth-order valence-electron chi connectivity index (χ4n) is 1.61. The molecule has 0 unspecified atom stereocenters. The molecule has 1 heterocycles. The first-order valence-corrected chi connectivity index (χ1v) is 7.22. The number of anilines is 1. The van der Waals surface area contributed by atoms with Crippen molar-refractivity contribution >= 4 is 39.2 Å². The van der Waals surface area contributed by atoms with Crippen LogP contribution in [0.25, 0.3) is 0 Å². The Morgan fingerprint density at radius 2 is 2.15 bits per heavy atom. The maximum atomic E-state index is 11.7. The maximum Gasteiger partial charge on any atom is 0.319 e. The Morgan fingerprint density at radius 3 is 2.85 bits per heavy atom. The van der Waals surface area contributed by atoms with Crippen LogP contribution in [-0.2, 0) is 6.42 Å². The number of urea groups is 1. The molecule has 0 fully saturated rings. The van der Waals surface area contributed by atoms with Crippen molar-refractivity contribution in [1.82, 2.24) is 10.3 Å². The molecule has 2 rings (SSSR count). The normalized spacial score (nSPS) is 10.1. The number of hydrogen-bond donors (Lipinski definition) is 2. The second-order valence-corrected chi connectivity index (χ2v) is 5.40. The summed E-state index contributed by atoms with van der Waals surface area (Å²) >= 11 is 9.33. The van der Waals surface area contributed by atoms with Gasteiger partial charge in [0.15, 0.2) is 0 Å². The molecular formula is C14H13BrClN3O. The molecule has 4 nitrogen and oxygen atoms in total. The number of carbonyl (C=O) groups is 1. The van der Waals surface area contributed by atoms with Gasteiger partial charge in [-0.05, 0) is 30.3 Å². The van der Waals surface area contributed by atoms with E-state index in [1.807, 2.05) is 24.3 Å². The topological polar surface area (TPSA) is 54.0 Å². The van der Waals surface area contributed by atoms with Gasteiger partial charge in [-0.1, -0.05) is 33.6 Å². The van der Waals surface area contributed by atoms with Gasteiger partial charge in [0, 0.05) is 29.3 Å². The number of hydrogen-bond acceptors (Lipinski definition) is 2. The minimum Gasteiger partial charge on any atom is -0.337 e. The van der Waals surface area contributed by atoms with E-state index in [0.29, 0.717) is 23.7 Å². The number of nitrogens with zero attached hydrogens (tertiary/aromatic N) is 1. The lowest BCUT2D eigenvalue weighted by molar-refractivity contribution is 0.252. The van der Waals surface area contributed by atoms with Gasteiger partial charge < -0.3 is 10.6 Å². The zero-order chi connectivity index (χ0) is 14.4. The van der Waals surface area contributed by atoms with E-state index in [1.54, 1.807) is 18.3 Å². The van der Waals surface area contributed by atoms with E-state index in [-0.39, 0.29) is 6.03 Å². The number of pyridine rings is 1. The fraction of sp³-hybridized carbons (Fsp3) is 0.143. The molecule has 0 radical (unpaired) electrons. The predicted octanol–water partition coefficient (Wildman–Crippen LogP) is 3.86. The Labute approximate surface area is 130 Å². The average molecular weight is 355 g/mol. The highest BCUT2D eigenvalue weighted by atomic mass is 79.9. The smallest absolute Gasteiger partial charge is 0.319 e. The molecule has 0 atom stereocenters. The van der Waals surface area contributed by atoms with Crippen molar-refractivity contribution in [3.8, 4) is 0 Å². The Kier molecular flexibility index (Phi) is 5.38. The minimum absolute atomic E-state index is 0.287. The van der Waals surface area contributed by atoms with Crippen LogP contribution in [-0.4, -0.2) is 17.6 Å². The van der Waals surface area contributed by atoms with Crippen LogP contribution >= 0.6 is 27.5 Å². The van der Waals surface area contributed by atoms with Crippen LogP contribution in [0.1, 0.15) is 5.69 Å². The molecule has 2 N–H and O–H groups in total. The summed E-state index contributed by atoms with van der Waals surface area (Å²) in [5.74, 6) is 0. The number of rotatable bonds is 4. The summed E-state index contributed by atoms with van der Waals surface area (Å²) in [6.45, 7) is 0.511. The number of halogens is 2. The molecule has 0 aliphatic rings. The summed E-state index contributed by atoms with van der Waals surface area (Å²) < 4.78 is 0.864. The van der Waals surface area contributed by atoms with E-state index in [1.165, 1.54) is 0 Å². The Balaban J connectivity index is 1.81. The third kappa shape index (κ3) is 4.51. The summed E-state index contributed by atoms with van der Waals surface area (Å²) in [7, 11) is 0. The highest BCUT2D eigenvalue weighted by Crippen LogP contribution is 2.25. The zero-order valence-electron chi connectivity index (χ0n) is 10.6. The second-order valence-electron chi connectivity index (χ2n) is 4.08. The molecular weight excluding hydrogens is 342 g/mol. The van der Waals surface area contributed by atoms with Gasteiger partial charge in [-0.25, -0.2) is 4.79 Å². The van der Waals surface area contributed by atoms with Gasteiger partial charge in [0.25, 0.3) is 0 Å². The van der Waals surface area contributed by atoms with E-state index in [4.69, 9.17) is 11.6 Å². The van der Waals surface area contributed by atoms with Crippen LogP contribution in [0.15, 0.2) is 47.1 Å². The van der Waals surface area contributed by atoms with E-state index in [9.17, 15) is 4.79 Å². The lowest BCUT2D eigenvalue weighted by Crippen LogP contribution is -2.30. The number of aromatic nitrogens is 1. The average Bonchev–Trinajstić information content (AvgIpc) is 2.43. The molecule has 20 heavy (non-hydrogen) atoms. The molecule has 2 aromatic rings. The highest BCUT2D eigenvalue weighted by Gasteiger charge is 2.05. The lowest BCUT2D eigenvalue weighted by Gasteiger charge is -2.09. The quantitative estimate of drug-likeness (QED) is 0.876. The zero-order valence-corrected chi connectivity index (χ0v) is 12.9. The summed E-state index contributed by atoms with van der Waals surface area (Å²) in [6.07, 6.45) is 2.42. The maximum absolute atomic E-state index is 11.7. The first-order valence-electron chi connectivity index (χ1n) is 6.05. The van der Waals surface area contributed by atoms with Gasteiger partial charge in [0.1, 0.15) is 0 Å². The molecule has 0 saturated carbocycles. The molecule has 1 aromatic heterocycles. The molecule has 0 saturated heterocycles. The Bertz CT molecular complexity index is 592. The van der Waals surface area contributed by atoms with Crippen molar-refractivity contribution < 1.29 is 4.79 Å². The molecule has 0 aliphatic carbocycles. The standard InChI is InChI=1S/C14H13BrClN3O/c15-10-4-5-13(12(16)9-10)19-14(20)18-8-6-11-3-1-2-7-17-11/h1-5,7,9H,6,8H2,(H2,18,19,20). The molecule has 2 amide bonds. The molecule has 6 heteroatoms. The first-order chi connectivity index (χ1) is 9.65. The van der Waals surface area contributed by atoms with E-state index in [2.05, 4.69) is 31.5 Å². The third-order valence-corrected chi connectivity index (χ3v) is 3.38. The van der Waals surface area contributed by atoms with Gasteiger partial charge in [-0.2, -0.15) is 0 Å². The molecule has 104 valence electrons. The third-order valence-electron chi connectivity index (χ3n) is 2.57. The largest absolute Gasteiger partial charge is 0.337 e. The summed E-state index contributed by atoms with van der Waals surface area (Å²) in [4.78, 5) is 15.9. The Hall–Kier alpha value is -1.59. The SMILES string of the molecule is O=C(NCCc1ccccn1)Nc1ccc(Br)cc1Cl. The number of amides is 2. The van der Waals surface area contributed by atoms with Crippen molar-refractivity contribution in [3.05, 3.63) is 57.8 Å². The van der Waals surface area contributed by atoms with Gasteiger partial charge >= 0.3 is 6.03 Å². The Morgan fingerprint density at radius 1 is 1.30 bits per heavy atom. The van der Waals surface area contributed by atoms with Crippen LogP contribution in [0.5, 0.6) is 0 Å². The van der Waals surface area contributed by atoms with Crippen molar-refractivity contribution in [2.24, 2.45) is 0 Å². The van der Waals surface area contributed by atoms with Crippen molar-refractivity contribution in [3.63, 3.8) is 0 Å². The lowest BCUT2D eigenvalue weighted by atomic mass is 10.3. The molecule has 1 aromatic carbocycles. The number of nitrogens with one attached hydrogen (secondary N) is 2. The molecule has 0 aliphatic heterocycles. The molecule has 0 spiro atoms. The van der Waals surface area contributed by atoms with Crippen LogP contribution in [0.3, 0.4) is 0 Å². The van der Waals surface area contributed by atoms with Crippen LogP contribution in [0.4, 0.5) is 10.5 Å². The van der Waals surface area contributed by atoms with E-state index < -0.39 is 0 Å². The van der Waals surface area contributed by atoms with Gasteiger partial charge in [0.05, 0.1) is 10.7 Å². The van der Waals surface area contributed by atoms with Crippen molar-refractivity contribution in [2.45, 2.75) is 6.42 Å². The van der Waals surface area contributed by atoms with Crippen molar-refractivity contribution in [2.75, 3.05) is 11.9 Å². The monoisotopic (exact) mass is 353 g/mol. The summed E-state index contributed by atoms with van der Waals surface area (Å²) in [6, 6.07) is 10.7. The van der Waals surface area contributed by atoms with Crippen molar-refractivity contribution in [1.29, 1.82) is 0 Å². The minimum atomic E-state index is -0.287. The van der Waals surface area contributed by atoms with Crippen LogP contribution in [0, 0.1) is 0 Å².